The van der Waals surface area contributed by atoms with Crippen molar-refractivity contribution in [2.24, 2.45) is 11.1 Å². The van der Waals surface area contributed by atoms with Crippen LogP contribution in [0.25, 0.3) is 0 Å². The molecule has 2 rings (SSSR count). The molecular weight excluding hydrogens is 292 g/mol. The Balaban J connectivity index is 2.10. The van der Waals surface area contributed by atoms with Crippen molar-refractivity contribution in [2.75, 3.05) is 5.75 Å². The van der Waals surface area contributed by atoms with Crippen LogP contribution >= 0.6 is 23.5 Å². The van der Waals surface area contributed by atoms with E-state index in [-0.39, 0.29) is 15.9 Å². The maximum atomic E-state index is 11.9. The highest BCUT2D eigenvalue weighted by Gasteiger charge is 2.61. The van der Waals surface area contributed by atoms with Crippen LogP contribution in [0.4, 0.5) is 0 Å². The Kier molecular flexibility index (Phi) is 4.26. The second kappa shape index (κ2) is 5.59. The summed E-state index contributed by atoms with van der Waals surface area (Å²) in [4.78, 5) is 24.5. The number of thioether (sulfide) groups is 2. The minimum absolute atomic E-state index is 0.280. The fraction of sp³-hybridized carbons (Fsp3) is 0.700. The van der Waals surface area contributed by atoms with Crippen LogP contribution in [0.3, 0.4) is 0 Å². The van der Waals surface area contributed by atoms with Gasteiger partial charge in [0.1, 0.15) is 0 Å². The van der Waals surface area contributed by atoms with Crippen molar-refractivity contribution in [3.63, 3.8) is 0 Å². The number of carboxylic acid groups (broad SMARTS) is 1. The highest BCUT2D eigenvalue weighted by molar-refractivity contribution is 8.17. The molecular formula is C10H14N2O5S2. The molecule has 7 nitrogen and oxygen atoms in total. The first kappa shape index (κ1) is 14.5. The Morgan fingerprint density at radius 2 is 2.37 bits per heavy atom. The summed E-state index contributed by atoms with van der Waals surface area (Å²) in [5.74, 6) is -1.51. The van der Waals surface area contributed by atoms with Crippen molar-refractivity contribution in [3.05, 3.63) is 0 Å². The first-order valence-corrected chi connectivity index (χ1v) is 7.64. The summed E-state index contributed by atoms with van der Waals surface area (Å²) < 4.78 is -0.326. The molecule has 0 radical (unpaired) electrons. The van der Waals surface area contributed by atoms with Crippen LogP contribution in [-0.2, 0) is 9.59 Å². The normalized spacial score (nSPS) is 35.3. The zero-order valence-electron chi connectivity index (χ0n) is 10.0. The number of aliphatic carboxylic acids is 1. The lowest BCUT2D eigenvalue weighted by Gasteiger charge is -2.44. The number of carbonyl (C=O) groups excluding carboxylic acids is 1. The maximum Gasteiger partial charge on any atom is 0.328 e. The van der Waals surface area contributed by atoms with E-state index in [1.165, 1.54) is 41.6 Å². The molecule has 5 atom stereocenters. The first-order chi connectivity index (χ1) is 8.99. The highest BCUT2D eigenvalue weighted by Crippen LogP contribution is 2.51. The molecule has 0 saturated carbocycles. The van der Waals surface area contributed by atoms with E-state index in [4.69, 9.17) is 5.21 Å². The topological polar surface area (TPSA) is 110 Å². The van der Waals surface area contributed by atoms with Crippen molar-refractivity contribution in [1.82, 2.24) is 4.90 Å². The van der Waals surface area contributed by atoms with E-state index in [9.17, 15) is 19.8 Å². The van der Waals surface area contributed by atoms with Crippen LogP contribution < -0.4 is 0 Å². The number of aliphatic hydroxyl groups is 1. The van der Waals surface area contributed by atoms with Crippen molar-refractivity contribution < 1.29 is 25.0 Å². The zero-order valence-corrected chi connectivity index (χ0v) is 11.7. The van der Waals surface area contributed by atoms with Crippen LogP contribution in [0.5, 0.6) is 0 Å². The number of nitrogens with zero attached hydrogens (tertiary/aromatic N) is 2. The molecule has 2 heterocycles. The van der Waals surface area contributed by atoms with E-state index < -0.39 is 24.0 Å². The van der Waals surface area contributed by atoms with Gasteiger partial charge in [0.15, 0.2) is 6.04 Å². The maximum absolute atomic E-state index is 11.9. The number of rotatable bonds is 5. The number of oxime groups is 1. The van der Waals surface area contributed by atoms with E-state index in [0.29, 0.717) is 5.75 Å². The number of amides is 1. The van der Waals surface area contributed by atoms with Gasteiger partial charge in [0.05, 0.1) is 28.2 Å². The van der Waals surface area contributed by atoms with Crippen molar-refractivity contribution in [1.29, 1.82) is 0 Å². The Hall–Kier alpha value is -0.930. The summed E-state index contributed by atoms with van der Waals surface area (Å²) >= 11 is 2.68. The third-order valence-corrected chi connectivity index (χ3v) is 6.14. The fourth-order valence-electron chi connectivity index (χ4n) is 2.28. The molecule has 5 unspecified atom stereocenters. The smallest absolute Gasteiger partial charge is 0.328 e. The van der Waals surface area contributed by atoms with E-state index in [1.54, 1.807) is 0 Å². The molecule has 9 heteroatoms. The number of carbonyl (C=O) groups is 2. The number of carboxylic acids is 1. The van der Waals surface area contributed by atoms with Gasteiger partial charge in [0.2, 0.25) is 5.91 Å². The molecule has 0 aromatic rings. The van der Waals surface area contributed by atoms with Gasteiger partial charge in [-0.2, -0.15) is 0 Å². The lowest BCUT2D eigenvalue weighted by molar-refractivity contribution is -0.166. The van der Waals surface area contributed by atoms with Gasteiger partial charge in [-0.1, -0.05) is 0 Å². The Labute approximate surface area is 118 Å². The Morgan fingerprint density at radius 1 is 1.68 bits per heavy atom. The number of hydrogen-bond acceptors (Lipinski definition) is 7. The molecule has 19 heavy (non-hydrogen) atoms. The second-order valence-corrected chi connectivity index (χ2v) is 7.06. The lowest BCUT2D eigenvalue weighted by Crippen LogP contribution is -2.64. The van der Waals surface area contributed by atoms with E-state index in [0.717, 1.165) is 0 Å². The Morgan fingerprint density at radius 3 is 2.89 bits per heavy atom. The van der Waals surface area contributed by atoms with Gasteiger partial charge < -0.3 is 20.3 Å². The fourth-order valence-corrected chi connectivity index (χ4v) is 5.49. The largest absolute Gasteiger partial charge is 0.480 e. The molecule has 2 aliphatic heterocycles. The number of hydrogen-bond donors (Lipinski definition) is 3. The molecule has 2 fully saturated rings. The molecule has 0 spiro atoms. The predicted octanol–water partition coefficient (Wildman–Crippen LogP) is -0.129. The molecule has 2 saturated heterocycles. The van der Waals surface area contributed by atoms with Gasteiger partial charge in [-0.3, -0.25) is 4.79 Å². The quantitative estimate of drug-likeness (QED) is 0.281. The monoisotopic (exact) mass is 306 g/mol. The molecule has 1 amide bonds. The predicted molar refractivity (Wildman–Crippen MR) is 71.3 cm³/mol. The SMILES string of the molecule is CC(O)C1C(=O)N2C1SC(SCC=NO)C2C(=O)O. The van der Waals surface area contributed by atoms with Crippen LogP contribution in [-0.4, -0.2) is 66.3 Å². The summed E-state index contributed by atoms with van der Waals surface area (Å²) in [5.41, 5.74) is 0. The van der Waals surface area contributed by atoms with Gasteiger partial charge in [0, 0.05) is 5.75 Å². The van der Waals surface area contributed by atoms with Gasteiger partial charge in [0.25, 0.3) is 0 Å². The number of β-lactam (4-membered cyclic amide) rings is 1. The summed E-state index contributed by atoms with van der Waals surface area (Å²) in [5, 5.41) is 29.7. The Bertz CT molecular complexity index is 417. The van der Waals surface area contributed by atoms with E-state index in [1.807, 2.05) is 0 Å². The summed E-state index contributed by atoms with van der Waals surface area (Å²) in [6.07, 6.45) is 0.492. The molecule has 0 aromatic carbocycles. The molecule has 0 aromatic heterocycles. The molecule has 0 bridgehead atoms. The van der Waals surface area contributed by atoms with E-state index >= 15 is 0 Å². The summed E-state index contributed by atoms with van der Waals surface area (Å²) in [6.45, 7) is 1.54. The highest BCUT2D eigenvalue weighted by atomic mass is 32.2. The van der Waals surface area contributed by atoms with Crippen LogP contribution in [0.2, 0.25) is 0 Å². The average molecular weight is 306 g/mol. The zero-order chi connectivity index (χ0) is 14.2. The second-order valence-electron chi connectivity index (χ2n) is 4.32. The summed E-state index contributed by atoms with van der Waals surface area (Å²) in [7, 11) is 0. The van der Waals surface area contributed by atoms with Gasteiger partial charge in [-0.15, -0.1) is 28.7 Å². The van der Waals surface area contributed by atoms with Gasteiger partial charge in [-0.25, -0.2) is 4.79 Å². The lowest BCUT2D eigenvalue weighted by atomic mass is 9.91. The number of fused-ring (bicyclic) bond motifs is 1. The number of aliphatic hydroxyl groups excluding tert-OH is 1. The third-order valence-electron chi connectivity index (χ3n) is 3.14. The van der Waals surface area contributed by atoms with Gasteiger partial charge in [-0.05, 0) is 6.92 Å². The molecule has 3 N–H and O–H groups in total. The van der Waals surface area contributed by atoms with Gasteiger partial charge >= 0.3 is 5.97 Å². The standard InChI is InChI=1S/C10H14N2O5S2/c1-4(13)5-7(14)12-6(9(15)16)10(19-8(5)12)18-3-2-11-17/h2,4-6,8,10,13,17H,3H2,1H3,(H,15,16). The summed E-state index contributed by atoms with van der Waals surface area (Å²) in [6, 6.07) is -0.894. The van der Waals surface area contributed by atoms with Crippen LogP contribution in [0, 0.1) is 5.92 Å². The van der Waals surface area contributed by atoms with Crippen molar-refractivity contribution >= 4 is 41.6 Å². The third kappa shape index (κ3) is 2.41. The van der Waals surface area contributed by atoms with E-state index in [2.05, 4.69) is 5.16 Å². The average Bonchev–Trinajstić information content (AvgIpc) is 2.64. The van der Waals surface area contributed by atoms with Crippen molar-refractivity contribution in [3.8, 4) is 0 Å². The van der Waals surface area contributed by atoms with Crippen LogP contribution in [0.1, 0.15) is 6.92 Å². The molecule has 2 aliphatic rings. The van der Waals surface area contributed by atoms with Crippen molar-refractivity contribution in [2.45, 2.75) is 29.0 Å². The van der Waals surface area contributed by atoms with Crippen LogP contribution in [0.15, 0.2) is 5.16 Å². The molecule has 106 valence electrons. The molecule has 0 aliphatic carbocycles. The minimum Gasteiger partial charge on any atom is -0.480 e. The first-order valence-electron chi connectivity index (χ1n) is 5.65. The minimum atomic E-state index is -1.05.